The van der Waals surface area contributed by atoms with Crippen LogP contribution in [0.4, 0.5) is 0 Å². The molecule has 4 rings (SSSR count). The van der Waals surface area contributed by atoms with Crippen molar-refractivity contribution in [2.45, 2.75) is 57.5 Å². The molecule has 3 N–H and O–H groups in total. The Morgan fingerprint density at radius 3 is 2.83 bits per heavy atom. The number of aliphatic hydroxyl groups is 1. The summed E-state index contributed by atoms with van der Waals surface area (Å²) in [5.74, 6) is 0.981. The lowest BCUT2D eigenvalue weighted by Gasteiger charge is -2.50. The van der Waals surface area contributed by atoms with Gasteiger partial charge in [0.1, 0.15) is 12.4 Å². The van der Waals surface area contributed by atoms with E-state index >= 15 is 0 Å². The first-order valence-corrected chi connectivity index (χ1v) is 12.0. The Kier molecular flexibility index (Phi) is 5.38. The van der Waals surface area contributed by atoms with Crippen LogP contribution in [0.15, 0.2) is 23.4 Å². The molecule has 0 amide bonds. The zero-order chi connectivity index (χ0) is 20.8. The average Bonchev–Trinajstić information content (AvgIpc) is 2.95. The highest BCUT2D eigenvalue weighted by atomic mass is 32.2. The molecule has 0 radical (unpaired) electrons. The topological polar surface area (TPSA) is 116 Å². The van der Waals surface area contributed by atoms with E-state index in [4.69, 9.17) is 9.39 Å². The van der Waals surface area contributed by atoms with Crippen molar-refractivity contribution in [1.82, 2.24) is 0 Å². The molecule has 0 spiro atoms. The maximum absolute atomic E-state index is 10.8. The SMILES string of the molecule is C[C@]12CC[C@@H]3c4ccc(O)cc4/C(=N/OCCCS(=O)(=O)O)C[C@H]3[C@@H]1CCC2O. The molecule has 2 saturated carbocycles. The van der Waals surface area contributed by atoms with Crippen molar-refractivity contribution >= 4 is 15.8 Å². The van der Waals surface area contributed by atoms with Crippen LogP contribution in [0.25, 0.3) is 0 Å². The molecule has 0 saturated heterocycles. The Bertz CT molecular complexity index is 914. The number of fused-ring (bicyclic) bond motifs is 5. The van der Waals surface area contributed by atoms with Gasteiger partial charge in [0.25, 0.3) is 10.1 Å². The van der Waals surface area contributed by atoms with Gasteiger partial charge in [-0.1, -0.05) is 18.1 Å². The van der Waals surface area contributed by atoms with Gasteiger partial charge in [-0.05, 0) is 73.0 Å². The first-order chi connectivity index (χ1) is 13.7. The number of benzene rings is 1. The van der Waals surface area contributed by atoms with Crippen molar-refractivity contribution < 1.29 is 28.0 Å². The summed E-state index contributed by atoms with van der Waals surface area (Å²) in [6, 6.07) is 5.41. The van der Waals surface area contributed by atoms with Crippen LogP contribution < -0.4 is 0 Å². The fraction of sp³-hybridized carbons (Fsp3) is 0.667. The summed E-state index contributed by atoms with van der Waals surface area (Å²) in [7, 11) is -4.01. The highest BCUT2D eigenvalue weighted by molar-refractivity contribution is 7.85. The number of phenols is 1. The van der Waals surface area contributed by atoms with Crippen LogP contribution in [-0.2, 0) is 15.0 Å². The van der Waals surface area contributed by atoms with Crippen molar-refractivity contribution in [2.75, 3.05) is 12.4 Å². The summed E-state index contributed by atoms with van der Waals surface area (Å²) in [4.78, 5) is 5.38. The highest BCUT2D eigenvalue weighted by Crippen LogP contribution is 2.61. The molecule has 0 aliphatic heterocycles. The largest absolute Gasteiger partial charge is 0.508 e. The second kappa shape index (κ2) is 7.56. The van der Waals surface area contributed by atoms with Crippen molar-refractivity contribution in [3.63, 3.8) is 0 Å². The average molecular weight is 424 g/mol. The molecule has 3 aliphatic carbocycles. The molecule has 0 bridgehead atoms. The lowest BCUT2D eigenvalue weighted by atomic mass is 9.55. The van der Waals surface area contributed by atoms with Crippen LogP contribution in [0, 0.1) is 17.3 Å². The predicted molar refractivity (Wildman–Crippen MR) is 109 cm³/mol. The van der Waals surface area contributed by atoms with Crippen molar-refractivity contribution in [3.8, 4) is 5.75 Å². The number of oxime groups is 1. The summed E-state index contributed by atoms with van der Waals surface area (Å²) in [5.41, 5.74) is 2.76. The number of aliphatic hydroxyl groups excluding tert-OH is 1. The van der Waals surface area contributed by atoms with Crippen molar-refractivity contribution in [3.05, 3.63) is 29.3 Å². The Morgan fingerprint density at radius 1 is 1.28 bits per heavy atom. The molecule has 2 fully saturated rings. The molecule has 29 heavy (non-hydrogen) atoms. The number of phenolic OH excluding ortho intramolecular Hbond substituents is 1. The van der Waals surface area contributed by atoms with Gasteiger partial charge in [-0.2, -0.15) is 8.42 Å². The number of rotatable bonds is 5. The van der Waals surface area contributed by atoms with E-state index < -0.39 is 10.1 Å². The van der Waals surface area contributed by atoms with Gasteiger partial charge in [-0.15, -0.1) is 0 Å². The molecular formula is C21H29NO6S. The molecule has 1 unspecified atom stereocenters. The number of hydrogen-bond acceptors (Lipinski definition) is 6. The monoisotopic (exact) mass is 423 g/mol. The van der Waals surface area contributed by atoms with E-state index in [0.29, 0.717) is 24.2 Å². The molecular weight excluding hydrogens is 394 g/mol. The van der Waals surface area contributed by atoms with Gasteiger partial charge >= 0.3 is 0 Å². The van der Waals surface area contributed by atoms with Crippen LogP contribution in [-0.4, -0.2) is 47.4 Å². The van der Waals surface area contributed by atoms with Crippen LogP contribution in [0.5, 0.6) is 5.75 Å². The van der Waals surface area contributed by atoms with Gasteiger partial charge in [0.2, 0.25) is 0 Å². The third-order valence-corrected chi connectivity index (χ3v) is 8.18. The van der Waals surface area contributed by atoms with E-state index in [2.05, 4.69) is 12.1 Å². The molecule has 3 aliphatic rings. The zero-order valence-corrected chi connectivity index (χ0v) is 17.4. The smallest absolute Gasteiger partial charge is 0.264 e. The summed E-state index contributed by atoms with van der Waals surface area (Å²) < 4.78 is 30.5. The van der Waals surface area contributed by atoms with Crippen LogP contribution in [0.1, 0.15) is 62.5 Å². The van der Waals surface area contributed by atoms with Crippen LogP contribution >= 0.6 is 0 Å². The van der Waals surface area contributed by atoms with Crippen LogP contribution in [0.3, 0.4) is 0 Å². The van der Waals surface area contributed by atoms with E-state index in [-0.39, 0.29) is 36.0 Å². The minimum atomic E-state index is -4.01. The predicted octanol–water partition coefficient (Wildman–Crippen LogP) is 3.07. The number of aromatic hydroxyl groups is 1. The second-order valence-electron chi connectivity index (χ2n) is 9.00. The lowest BCUT2D eigenvalue weighted by molar-refractivity contribution is -0.0179. The molecule has 7 nitrogen and oxygen atoms in total. The zero-order valence-electron chi connectivity index (χ0n) is 16.6. The van der Waals surface area contributed by atoms with Gasteiger partial charge in [0, 0.05) is 12.0 Å². The minimum absolute atomic E-state index is 0.0585. The Labute approximate surface area is 171 Å². The van der Waals surface area contributed by atoms with Crippen molar-refractivity contribution in [1.29, 1.82) is 0 Å². The number of hydrogen-bond donors (Lipinski definition) is 3. The number of nitrogens with zero attached hydrogens (tertiary/aromatic N) is 1. The highest BCUT2D eigenvalue weighted by Gasteiger charge is 2.55. The van der Waals surface area contributed by atoms with E-state index in [9.17, 15) is 18.6 Å². The maximum atomic E-state index is 10.8. The van der Waals surface area contributed by atoms with E-state index in [0.717, 1.165) is 37.0 Å². The summed E-state index contributed by atoms with van der Waals surface area (Å²) in [6.45, 7) is 2.30. The third-order valence-electron chi connectivity index (χ3n) is 7.38. The molecule has 8 heteroatoms. The summed E-state index contributed by atoms with van der Waals surface area (Å²) in [5, 5.41) is 24.9. The normalized spacial score (nSPS) is 35.1. The molecule has 0 aromatic heterocycles. The van der Waals surface area contributed by atoms with Crippen LogP contribution in [0.2, 0.25) is 0 Å². The maximum Gasteiger partial charge on any atom is 0.264 e. The summed E-state index contributed by atoms with van der Waals surface area (Å²) >= 11 is 0. The molecule has 1 aromatic carbocycles. The van der Waals surface area contributed by atoms with Gasteiger partial charge in [-0.25, -0.2) is 0 Å². The van der Waals surface area contributed by atoms with E-state index in [1.54, 1.807) is 12.1 Å². The molecule has 0 heterocycles. The molecule has 160 valence electrons. The summed E-state index contributed by atoms with van der Waals surface area (Å²) in [6.07, 6.45) is 4.47. The third kappa shape index (κ3) is 3.90. The second-order valence-corrected chi connectivity index (χ2v) is 10.6. The first-order valence-electron chi connectivity index (χ1n) is 10.3. The van der Waals surface area contributed by atoms with E-state index in [1.165, 1.54) is 5.56 Å². The first kappa shape index (κ1) is 20.6. The molecule has 5 atom stereocenters. The van der Waals surface area contributed by atoms with Gasteiger partial charge in [0.15, 0.2) is 0 Å². The molecule has 1 aromatic rings. The standard InChI is InChI=1S/C21H29NO6S/c1-21-8-7-15-14-4-3-13(23)11-17(14)19(22-28-9-2-10-29(25,26)27)12-16(15)18(21)5-6-20(21)24/h3-4,11,15-16,18,20,23-24H,2,5-10,12H2,1H3,(H,25,26,27)/b22-19+/t15-,16-,18+,20?,21+/m1/s1. The van der Waals surface area contributed by atoms with Crippen molar-refractivity contribution in [2.24, 2.45) is 22.4 Å². The van der Waals surface area contributed by atoms with Gasteiger partial charge < -0.3 is 15.1 Å². The quantitative estimate of drug-likeness (QED) is 0.381. The van der Waals surface area contributed by atoms with Gasteiger partial charge in [-0.3, -0.25) is 4.55 Å². The van der Waals surface area contributed by atoms with E-state index in [1.807, 2.05) is 6.07 Å². The Hall–Kier alpha value is -1.64. The Balaban J connectivity index is 1.59. The minimum Gasteiger partial charge on any atom is -0.508 e. The Morgan fingerprint density at radius 2 is 2.07 bits per heavy atom. The fourth-order valence-corrected chi connectivity index (χ4v) is 6.38. The lowest BCUT2D eigenvalue weighted by Crippen LogP contribution is -2.45. The fourth-order valence-electron chi connectivity index (χ4n) is 5.90. The van der Waals surface area contributed by atoms with Gasteiger partial charge in [0.05, 0.1) is 17.6 Å².